The van der Waals surface area contributed by atoms with Crippen LogP contribution in [0.3, 0.4) is 0 Å². The van der Waals surface area contributed by atoms with E-state index in [1.54, 1.807) is 9.80 Å². The molecule has 2 N–H and O–H groups in total. The minimum Gasteiger partial charge on any atom is -0.397 e. The number of anilines is 1. The van der Waals surface area contributed by atoms with Gasteiger partial charge in [-0.25, -0.2) is 4.98 Å². The van der Waals surface area contributed by atoms with Gasteiger partial charge in [-0.3, -0.25) is 9.59 Å². The van der Waals surface area contributed by atoms with Crippen LogP contribution in [0, 0.1) is 0 Å². The maximum Gasteiger partial charge on any atom is 0.257 e. The van der Waals surface area contributed by atoms with Crippen molar-refractivity contribution >= 4 is 29.1 Å². The van der Waals surface area contributed by atoms with E-state index < -0.39 is 0 Å². The first-order chi connectivity index (χ1) is 9.49. The summed E-state index contributed by atoms with van der Waals surface area (Å²) >= 11 is 5.95. The molecule has 1 fully saturated rings. The number of nitrogens with two attached hydrogens (primary N) is 1. The van der Waals surface area contributed by atoms with Crippen LogP contribution in [0.2, 0.25) is 5.15 Å². The lowest BCUT2D eigenvalue weighted by Gasteiger charge is -2.21. The van der Waals surface area contributed by atoms with Crippen LogP contribution in [0.1, 0.15) is 23.7 Å². The first-order valence-electron chi connectivity index (χ1n) is 6.45. The standard InChI is InChI=1S/C13H17ClN4O2/c1-9(19)17-3-2-4-18(6-5-17)13(20)11-7-10(15)8-16-12(11)14/h7-8H,2-6,15H2,1H3. The Labute approximate surface area is 122 Å². The van der Waals surface area contributed by atoms with Crippen molar-refractivity contribution in [1.82, 2.24) is 14.8 Å². The molecule has 0 radical (unpaired) electrons. The van der Waals surface area contributed by atoms with E-state index in [-0.39, 0.29) is 17.0 Å². The molecule has 0 atom stereocenters. The summed E-state index contributed by atoms with van der Waals surface area (Å²) in [4.78, 5) is 31.1. The fourth-order valence-corrected chi connectivity index (χ4v) is 2.40. The molecule has 2 amide bonds. The van der Waals surface area contributed by atoms with Gasteiger partial charge < -0.3 is 15.5 Å². The van der Waals surface area contributed by atoms with Gasteiger partial charge in [-0.1, -0.05) is 11.6 Å². The monoisotopic (exact) mass is 296 g/mol. The Kier molecular flexibility index (Phi) is 4.44. The molecule has 0 saturated carbocycles. The van der Waals surface area contributed by atoms with Crippen LogP contribution in [-0.2, 0) is 4.79 Å². The number of hydrogen-bond acceptors (Lipinski definition) is 4. The van der Waals surface area contributed by atoms with Gasteiger partial charge in [0.15, 0.2) is 0 Å². The summed E-state index contributed by atoms with van der Waals surface area (Å²) in [6.07, 6.45) is 2.16. The number of halogens is 1. The Morgan fingerprint density at radius 1 is 1.25 bits per heavy atom. The number of nitrogen functional groups attached to an aromatic ring is 1. The average molecular weight is 297 g/mol. The third kappa shape index (κ3) is 3.19. The second-order valence-corrected chi connectivity index (χ2v) is 5.12. The van der Waals surface area contributed by atoms with E-state index in [4.69, 9.17) is 17.3 Å². The fraction of sp³-hybridized carbons (Fsp3) is 0.462. The second kappa shape index (κ2) is 6.09. The zero-order valence-electron chi connectivity index (χ0n) is 11.3. The molecule has 20 heavy (non-hydrogen) atoms. The third-order valence-electron chi connectivity index (χ3n) is 3.32. The summed E-state index contributed by atoms with van der Waals surface area (Å²) in [5.74, 6) is -0.164. The van der Waals surface area contributed by atoms with Crippen molar-refractivity contribution in [3.05, 3.63) is 23.0 Å². The van der Waals surface area contributed by atoms with E-state index in [9.17, 15) is 9.59 Å². The molecule has 1 aliphatic heterocycles. The lowest BCUT2D eigenvalue weighted by molar-refractivity contribution is -0.128. The molecule has 1 aromatic heterocycles. The summed E-state index contributed by atoms with van der Waals surface area (Å²) < 4.78 is 0. The SMILES string of the molecule is CC(=O)N1CCCN(C(=O)c2cc(N)cnc2Cl)CC1. The predicted octanol–water partition coefficient (Wildman–Crippen LogP) is 1.01. The number of carbonyl (C=O) groups is 2. The van der Waals surface area contributed by atoms with Crippen LogP contribution in [0.15, 0.2) is 12.3 Å². The van der Waals surface area contributed by atoms with E-state index in [1.165, 1.54) is 19.2 Å². The number of amides is 2. The van der Waals surface area contributed by atoms with Crippen molar-refractivity contribution in [3.63, 3.8) is 0 Å². The van der Waals surface area contributed by atoms with Crippen LogP contribution in [0.25, 0.3) is 0 Å². The van der Waals surface area contributed by atoms with E-state index in [0.717, 1.165) is 6.42 Å². The highest BCUT2D eigenvalue weighted by atomic mass is 35.5. The molecule has 0 bridgehead atoms. The highest BCUT2D eigenvalue weighted by Gasteiger charge is 2.23. The van der Waals surface area contributed by atoms with Gasteiger partial charge in [-0.2, -0.15) is 0 Å². The highest BCUT2D eigenvalue weighted by Crippen LogP contribution is 2.18. The second-order valence-electron chi connectivity index (χ2n) is 4.76. The number of pyridine rings is 1. The van der Waals surface area contributed by atoms with Crippen molar-refractivity contribution < 1.29 is 9.59 Å². The molecule has 7 heteroatoms. The molecule has 2 heterocycles. The van der Waals surface area contributed by atoms with Crippen molar-refractivity contribution in [2.45, 2.75) is 13.3 Å². The van der Waals surface area contributed by atoms with Crippen molar-refractivity contribution in [1.29, 1.82) is 0 Å². The van der Waals surface area contributed by atoms with Gasteiger partial charge in [-0.05, 0) is 12.5 Å². The lowest BCUT2D eigenvalue weighted by atomic mass is 10.2. The minimum atomic E-state index is -0.194. The number of aromatic nitrogens is 1. The minimum absolute atomic E-state index is 0.0305. The zero-order chi connectivity index (χ0) is 14.7. The third-order valence-corrected chi connectivity index (χ3v) is 3.62. The van der Waals surface area contributed by atoms with E-state index in [1.807, 2.05) is 0 Å². The molecule has 0 spiro atoms. The van der Waals surface area contributed by atoms with Gasteiger partial charge in [0.1, 0.15) is 5.15 Å². The van der Waals surface area contributed by atoms with Crippen molar-refractivity contribution in [2.75, 3.05) is 31.9 Å². The van der Waals surface area contributed by atoms with Gasteiger partial charge in [0.05, 0.1) is 17.4 Å². The van der Waals surface area contributed by atoms with Crippen LogP contribution in [-0.4, -0.2) is 52.8 Å². The molecule has 1 saturated heterocycles. The summed E-state index contributed by atoms with van der Waals surface area (Å²) in [7, 11) is 0. The summed E-state index contributed by atoms with van der Waals surface area (Å²) in [5.41, 5.74) is 6.35. The van der Waals surface area contributed by atoms with Crippen LogP contribution >= 0.6 is 11.6 Å². The van der Waals surface area contributed by atoms with Crippen LogP contribution < -0.4 is 5.73 Å². The molecule has 6 nitrogen and oxygen atoms in total. The summed E-state index contributed by atoms with van der Waals surface area (Å²) in [6.45, 7) is 3.82. The summed E-state index contributed by atoms with van der Waals surface area (Å²) in [5, 5.41) is 0.150. The highest BCUT2D eigenvalue weighted by molar-refractivity contribution is 6.32. The number of hydrogen-bond donors (Lipinski definition) is 1. The maximum absolute atomic E-state index is 12.4. The van der Waals surface area contributed by atoms with Gasteiger partial charge >= 0.3 is 0 Å². The van der Waals surface area contributed by atoms with Crippen molar-refractivity contribution in [2.24, 2.45) is 0 Å². The fourth-order valence-electron chi connectivity index (χ4n) is 2.22. The average Bonchev–Trinajstić information content (AvgIpc) is 2.66. The Morgan fingerprint density at radius 3 is 2.60 bits per heavy atom. The quantitative estimate of drug-likeness (QED) is 0.785. The Bertz CT molecular complexity index is 535. The van der Waals surface area contributed by atoms with Gasteiger partial charge in [0.2, 0.25) is 5.91 Å². The molecular weight excluding hydrogens is 280 g/mol. The molecular formula is C13H17ClN4O2. The van der Waals surface area contributed by atoms with Gasteiger partial charge in [0.25, 0.3) is 5.91 Å². The zero-order valence-corrected chi connectivity index (χ0v) is 12.1. The molecule has 1 aromatic rings. The summed E-state index contributed by atoms with van der Waals surface area (Å²) in [6, 6.07) is 1.53. The topological polar surface area (TPSA) is 79.5 Å². The molecule has 0 aromatic carbocycles. The number of carbonyl (C=O) groups excluding carboxylic acids is 2. The van der Waals surface area contributed by atoms with Crippen molar-refractivity contribution in [3.8, 4) is 0 Å². The molecule has 2 rings (SSSR count). The molecule has 1 aliphatic rings. The van der Waals surface area contributed by atoms with E-state index in [0.29, 0.717) is 37.4 Å². The molecule has 0 aliphatic carbocycles. The van der Waals surface area contributed by atoms with E-state index in [2.05, 4.69) is 4.98 Å². The molecule has 108 valence electrons. The Morgan fingerprint density at radius 2 is 1.90 bits per heavy atom. The first kappa shape index (κ1) is 14.6. The number of nitrogens with zero attached hydrogens (tertiary/aromatic N) is 3. The Balaban J connectivity index is 2.13. The van der Waals surface area contributed by atoms with E-state index >= 15 is 0 Å². The number of rotatable bonds is 1. The van der Waals surface area contributed by atoms with Crippen LogP contribution in [0.5, 0.6) is 0 Å². The van der Waals surface area contributed by atoms with Gasteiger partial charge in [-0.15, -0.1) is 0 Å². The largest absolute Gasteiger partial charge is 0.397 e. The first-order valence-corrected chi connectivity index (χ1v) is 6.82. The smallest absolute Gasteiger partial charge is 0.257 e. The van der Waals surface area contributed by atoms with Gasteiger partial charge in [0, 0.05) is 33.1 Å². The predicted molar refractivity (Wildman–Crippen MR) is 76.4 cm³/mol. The Hall–Kier alpha value is -1.82. The van der Waals surface area contributed by atoms with Crippen LogP contribution in [0.4, 0.5) is 5.69 Å². The lowest BCUT2D eigenvalue weighted by Crippen LogP contribution is -2.36. The maximum atomic E-state index is 12.4. The normalized spacial score (nSPS) is 15.9. The molecule has 0 unspecified atom stereocenters.